The molecule has 2 atom stereocenters. The van der Waals surface area contributed by atoms with Crippen LogP contribution < -0.4 is 10.6 Å². The van der Waals surface area contributed by atoms with Crippen molar-refractivity contribution in [1.29, 1.82) is 0 Å². The van der Waals surface area contributed by atoms with E-state index in [9.17, 15) is 0 Å². The zero-order chi connectivity index (χ0) is 10.9. The summed E-state index contributed by atoms with van der Waals surface area (Å²) in [5, 5.41) is 6.78. The quantitative estimate of drug-likeness (QED) is 0.576. The molecule has 0 aromatic heterocycles. The summed E-state index contributed by atoms with van der Waals surface area (Å²) in [5.41, 5.74) is 0. The molecule has 4 heteroatoms. The Morgan fingerprint density at radius 2 is 2.27 bits per heavy atom. The molecule has 15 heavy (non-hydrogen) atoms. The third-order valence-corrected chi connectivity index (χ3v) is 2.77. The van der Waals surface area contributed by atoms with E-state index < -0.39 is 0 Å². The van der Waals surface area contributed by atoms with Crippen molar-refractivity contribution in [3.8, 4) is 0 Å². The predicted molar refractivity (Wildman–Crippen MR) is 61.2 cm³/mol. The Balaban J connectivity index is 1.90. The molecule has 0 amide bonds. The molecule has 1 saturated heterocycles. The Morgan fingerprint density at radius 3 is 2.93 bits per heavy atom. The lowest BCUT2D eigenvalue weighted by molar-refractivity contribution is 0.0838. The lowest BCUT2D eigenvalue weighted by Gasteiger charge is -2.20. The van der Waals surface area contributed by atoms with Crippen LogP contribution in [0.3, 0.4) is 0 Å². The van der Waals surface area contributed by atoms with Crippen LogP contribution in [0.25, 0.3) is 0 Å². The van der Waals surface area contributed by atoms with E-state index in [1.807, 2.05) is 0 Å². The van der Waals surface area contributed by atoms with E-state index in [4.69, 9.17) is 9.47 Å². The van der Waals surface area contributed by atoms with Gasteiger partial charge in [-0.05, 0) is 19.8 Å². The second kappa shape index (κ2) is 8.05. The van der Waals surface area contributed by atoms with Crippen molar-refractivity contribution in [2.75, 3.05) is 40.0 Å². The van der Waals surface area contributed by atoms with Crippen molar-refractivity contribution in [2.45, 2.75) is 31.9 Å². The number of nitrogens with one attached hydrogen (secondary N) is 2. The fourth-order valence-corrected chi connectivity index (χ4v) is 1.82. The summed E-state index contributed by atoms with van der Waals surface area (Å²) in [6.45, 7) is 6.81. The van der Waals surface area contributed by atoms with Crippen molar-refractivity contribution in [1.82, 2.24) is 10.6 Å². The van der Waals surface area contributed by atoms with E-state index in [2.05, 4.69) is 17.6 Å². The predicted octanol–water partition coefficient (Wildman–Crippen LogP) is 0.380. The molecule has 0 aromatic carbocycles. The first-order valence-corrected chi connectivity index (χ1v) is 5.89. The maximum absolute atomic E-state index is 5.61. The van der Waals surface area contributed by atoms with Gasteiger partial charge in [-0.15, -0.1) is 0 Å². The van der Waals surface area contributed by atoms with Gasteiger partial charge >= 0.3 is 0 Å². The Morgan fingerprint density at radius 1 is 1.40 bits per heavy atom. The smallest absolute Gasteiger partial charge is 0.0726 e. The summed E-state index contributed by atoms with van der Waals surface area (Å²) in [5.74, 6) is 0. The van der Waals surface area contributed by atoms with E-state index >= 15 is 0 Å². The Kier molecular flexibility index (Phi) is 6.92. The van der Waals surface area contributed by atoms with Crippen molar-refractivity contribution in [3.63, 3.8) is 0 Å². The van der Waals surface area contributed by atoms with Gasteiger partial charge in [0.25, 0.3) is 0 Å². The Bertz CT molecular complexity index is 150. The van der Waals surface area contributed by atoms with Crippen molar-refractivity contribution in [2.24, 2.45) is 0 Å². The molecule has 1 aliphatic heterocycles. The summed E-state index contributed by atoms with van der Waals surface area (Å²) in [6.07, 6.45) is 2.83. The molecule has 1 aliphatic rings. The molecule has 0 saturated carbocycles. The number of hydrogen-bond donors (Lipinski definition) is 2. The summed E-state index contributed by atoms with van der Waals surface area (Å²) in [4.78, 5) is 0. The first-order chi connectivity index (χ1) is 7.34. The monoisotopic (exact) mass is 216 g/mol. The highest BCUT2D eigenvalue weighted by Gasteiger charge is 2.21. The van der Waals surface area contributed by atoms with Crippen LogP contribution in [0, 0.1) is 0 Å². The molecular weight excluding hydrogens is 192 g/mol. The lowest BCUT2D eigenvalue weighted by atomic mass is 10.1. The summed E-state index contributed by atoms with van der Waals surface area (Å²) >= 11 is 0. The zero-order valence-electron chi connectivity index (χ0n) is 9.92. The molecular formula is C11H24N2O2. The van der Waals surface area contributed by atoms with E-state index in [1.54, 1.807) is 7.11 Å². The average Bonchev–Trinajstić information content (AvgIpc) is 2.76. The van der Waals surface area contributed by atoms with Gasteiger partial charge in [-0.1, -0.05) is 0 Å². The Hall–Kier alpha value is -0.160. The lowest BCUT2D eigenvalue weighted by Crippen LogP contribution is -2.40. The molecule has 2 unspecified atom stereocenters. The van der Waals surface area contributed by atoms with Gasteiger partial charge in [0.1, 0.15) is 0 Å². The van der Waals surface area contributed by atoms with Gasteiger partial charge in [0.2, 0.25) is 0 Å². The molecule has 1 rings (SSSR count). The van der Waals surface area contributed by atoms with Crippen LogP contribution in [-0.4, -0.2) is 52.1 Å². The van der Waals surface area contributed by atoms with Crippen LogP contribution in [0.15, 0.2) is 0 Å². The van der Waals surface area contributed by atoms with E-state index in [-0.39, 0.29) is 0 Å². The number of hydrogen-bond acceptors (Lipinski definition) is 4. The van der Waals surface area contributed by atoms with Crippen LogP contribution >= 0.6 is 0 Å². The van der Waals surface area contributed by atoms with Crippen molar-refractivity contribution in [3.05, 3.63) is 0 Å². The van der Waals surface area contributed by atoms with E-state index in [0.29, 0.717) is 12.1 Å². The van der Waals surface area contributed by atoms with Crippen LogP contribution in [0.1, 0.15) is 19.8 Å². The molecule has 0 aromatic rings. The second-order valence-electron chi connectivity index (χ2n) is 4.04. The summed E-state index contributed by atoms with van der Waals surface area (Å²) in [7, 11) is 1.72. The highest BCUT2D eigenvalue weighted by atomic mass is 16.5. The molecule has 1 fully saturated rings. The van der Waals surface area contributed by atoms with Gasteiger partial charge < -0.3 is 20.1 Å². The SMILES string of the molecule is COCCNCCNC(C)C1CCCO1. The minimum atomic E-state index is 0.420. The van der Waals surface area contributed by atoms with Gasteiger partial charge in [-0.2, -0.15) is 0 Å². The maximum Gasteiger partial charge on any atom is 0.0726 e. The molecule has 0 bridgehead atoms. The van der Waals surface area contributed by atoms with E-state index in [1.165, 1.54) is 12.8 Å². The summed E-state index contributed by atoms with van der Waals surface area (Å²) in [6, 6.07) is 0.469. The molecule has 2 N–H and O–H groups in total. The highest BCUT2D eigenvalue weighted by Crippen LogP contribution is 2.14. The molecule has 4 nitrogen and oxygen atoms in total. The Labute approximate surface area is 92.7 Å². The fraction of sp³-hybridized carbons (Fsp3) is 1.00. The zero-order valence-corrected chi connectivity index (χ0v) is 9.92. The van der Waals surface area contributed by atoms with E-state index in [0.717, 1.165) is 32.8 Å². The largest absolute Gasteiger partial charge is 0.383 e. The van der Waals surface area contributed by atoms with Gasteiger partial charge in [-0.3, -0.25) is 0 Å². The van der Waals surface area contributed by atoms with Gasteiger partial charge in [0.05, 0.1) is 12.7 Å². The minimum Gasteiger partial charge on any atom is -0.383 e. The number of rotatable bonds is 8. The third-order valence-electron chi connectivity index (χ3n) is 2.77. The molecule has 0 spiro atoms. The minimum absolute atomic E-state index is 0.420. The summed E-state index contributed by atoms with van der Waals surface area (Å²) < 4.78 is 10.6. The first-order valence-electron chi connectivity index (χ1n) is 5.89. The third kappa shape index (κ3) is 5.47. The van der Waals surface area contributed by atoms with Gasteiger partial charge in [0, 0.05) is 39.4 Å². The standard InChI is InChI=1S/C11H24N2O2/c1-10(11-4-3-8-15-11)13-6-5-12-7-9-14-2/h10-13H,3-9H2,1-2H3. The van der Waals surface area contributed by atoms with Crippen LogP contribution in [0.2, 0.25) is 0 Å². The normalized spacial score (nSPS) is 23.2. The topological polar surface area (TPSA) is 42.5 Å². The number of ether oxygens (including phenoxy) is 2. The molecule has 0 aliphatic carbocycles. The van der Waals surface area contributed by atoms with Gasteiger partial charge in [0.15, 0.2) is 0 Å². The molecule has 1 heterocycles. The highest BCUT2D eigenvalue weighted by molar-refractivity contribution is 4.76. The van der Waals surface area contributed by atoms with Crippen molar-refractivity contribution < 1.29 is 9.47 Å². The van der Waals surface area contributed by atoms with Crippen LogP contribution in [0.5, 0.6) is 0 Å². The van der Waals surface area contributed by atoms with Gasteiger partial charge in [-0.25, -0.2) is 0 Å². The molecule has 0 radical (unpaired) electrons. The van der Waals surface area contributed by atoms with Crippen LogP contribution in [0.4, 0.5) is 0 Å². The first kappa shape index (κ1) is 12.9. The van der Waals surface area contributed by atoms with Crippen LogP contribution in [-0.2, 0) is 9.47 Å². The number of methoxy groups -OCH3 is 1. The maximum atomic E-state index is 5.61. The second-order valence-corrected chi connectivity index (χ2v) is 4.04. The van der Waals surface area contributed by atoms with Crippen molar-refractivity contribution >= 4 is 0 Å². The average molecular weight is 216 g/mol. The molecule has 90 valence electrons. The fourth-order valence-electron chi connectivity index (χ4n) is 1.82.